The first-order valence-electron chi connectivity index (χ1n) is 8.82. The molecule has 0 spiro atoms. The Labute approximate surface area is 176 Å². The smallest absolute Gasteiger partial charge is 0.244 e. The Hall–Kier alpha value is -2.14. The summed E-state index contributed by atoms with van der Waals surface area (Å²) in [6, 6.07) is 7.99. The predicted octanol–water partition coefficient (Wildman–Crippen LogP) is 3.34. The molecule has 0 radical (unpaired) electrons. The van der Waals surface area contributed by atoms with Crippen molar-refractivity contribution >= 4 is 38.6 Å². The Balaban J connectivity index is 1.52. The fraction of sp³-hybridized carbons (Fsp3) is 0.263. The molecular formula is C19H20FN3O3S3. The molecule has 1 atom stereocenters. The first-order chi connectivity index (χ1) is 13.8. The Kier molecular flexibility index (Phi) is 6.78. The molecule has 3 aromatic rings. The fourth-order valence-electron chi connectivity index (χ4n) is 2.60. The number of carbonyl (C=O) groups is 1. The van der Waals surface area contributed by atoms with Crippen molar-refractivity contribution in [3.05, 3.63) is 57.5 Å². The standard InChI is InChI=1S/C19H20FN3O3S3/c1-12(23-29(25,26)18-6-4-3-5-15(18)20)19(24)21-10-9-14-7-8-17(28-14)16-11-27-13(2)22-16/h3-8,11-12,23H,9-10H2,1-2H3,(H,21,24)/t12-/m0/s1. The molecule has 0 saturated heterocycles. The average Bonchev–Trinajstić information content (AvgIpc) is 3.30. The molecule has 6 nitrogen and oxygen atoms in total. The third-order valence-corrected chi connectivity index (χ3v) is 7.57. The van der Waals surface area contributed by atoms with Crippen LogP contribution < -0.4 is 10.0 Å². The summed E-state index contributed by atoms with van der Waals surface area (Å²) in [6.07, 6.45) is 0.617. The number of thiophene rings is 1. The number of halogens is 1. The van der Waals surface area contributed by atoms with Crippen molar-refractivity contribution in [2.24, 2.45) is 0 Å². The van der Waals surface area contributed by atoms with Crippen molar-refractivity contribution in [2.45, 2.75) is 31.2 Å². The van der Waals surface area contributed by atoms with Gasteiger partial charge in [-0.2, -0.15) is 4.72 Å². The molecule has 0 saturated carbocycles. The van der Waals surface area contributed by atoms with Gasteiger partial charge in [-0.1, -0.05) is 12.1 Å². The van der Waals surface area contributed by atoms with Gasteiger partial charge in [-0.05, 0) is 44.5 Å². The Morgan fingerprint density at radius 2 is 2.00 bits per heavy atom. The van der Waals surface area contributed by atoms with Crippen LogP contribution >= 0.6 is 22.7 Å². The summed E-state index contributed by atoms with van der Waals surface area (Å²) in [5.74, 6) is -1.34. The van der Waals surface area contributed by atoms with Crippen molar-refractivity contribution in [3.8, 4) is 10.6 Å². The van der Waals surface area contributed by atoms with E-state index in [1.807, 2.05) is 24.4 Å². The van der Waals surface area contributed by atoms with Crippen molar-refractivity contribution < 1.29 is 17.6 Å². The van der Waals surface area contributed by atoms with Crippen LogP contribution in [0.5, 0.6) is 0 Å². The summed E-state index contributed by atoms with van der Waals surface area (Å²) in [7, 11) is -4.13. The minimum Gasteiger partial charge on any atom is -0.354 e. The Morgan fingerprint density at radius 1 is 1.24 bits per heavy atom. The van der Waals surface area contributed by atoms with Gasteiger partial charge in [0.2, 0.25) is 15.9 Å². The Morgan fingerprint density at radius 3 is 2.69 bits per heavy atom. The van der Waals surface area contributed by atoms with Crippen LogP contribution in [0.2, 0.25) is 0 Å². The van der Waals surface area contributed by atoms with Gasteiger partial charge in [0.1, 0.15) is 10.7 Å². The summed E-state index contributed by atoms with van der Waals surface area (Å²) in [4.78, 5) is 18.4. The lowest BCUT2D eigenvalue weighted by molar-refractivity contribution is -0.122. The van der Waals surface area contributed by atoms with E-state index in [4.69, 9.17) is 0 Å². The third-order valence-electron chi connectivity index (χ3n) is 4.06. The molecule has 29 heavy (non-hydrogen) atoms. The van der Waals surface area contributed by atoms with Gasteiger partial charge in [0, 0.05) is 16.8 Å². The zero-order valence-corrected chi connectivity index (χ0v) is 18.3. The molecule has 2 aromatic heterocycles. The summed E-state index contributed by atoms with van der Waals surface area (Å²) >= 11 is 3.20. The molecule has 0 bridgehead atoms. The molecule has 0 aliphatic rings. The number of aryl methyl sites for hydroxylation is 1. The summed E-state index contributed by atoms with van der Waals surface area (Å²) < 4.78 is 40.5. The van der Waals surface area contributed by atoms with Gasteiger partial charge in [-0.15, -0.1) is 22.7 Å². The van der Waals surface area contributed by atoms with Crippen molar-refractivity contribution in [2.75, 3.05) is 6.54 Å². The molecule has 0 fully saturated rings. The highest BCUT2D eigenvalue weighted by Gasteiger charge is 2.24. The summed E-state index contributed by atoms with van der Waals surface area (Å²) in [6.45, 7) is 3.74. The fourth-order valence-corrected chi connectivity index (χ4v) is 5.54. The maximum atomic E-state index is 13.7. The SMILES string of the molecule is Cc1nc(-c2ccc(CCNC(=O)[C@H](C)NS(=O)(=O)c3ccccc3F)s2)cs1. The highest BCUT2D eigenvalue weighted by Crippen LogP contribution is 2.29. The number of hydrogen-bond donors (Lipinski definition) is 2. The lowest BCUT2D eigenvalue weighted by Gasteiger charge is -2.14. The van der Waals surface area contributed by atoms with E-state index in [1.54, 1.807) is 22.7 Å². The molecule has 10 heteroatoms. The second-order valence-electron chi connectivity index (χ2n) is 6.33. The van der Waals surface area contributed by atoms with Crippen LogP contribution in [-0.4, -0.2) is 31.9 Å². The van der Waals surface area contributed by atoms with Crippen LogP contribution in [0.3, 0.4) is 0 Å². The number of thiazole rings is 1. The normalized spacial score (nSPS) is 12.7. The Bertz CT molecular complexity index is 1110. The second-order valence-corrected chi connectivity index (χ2v) is 10.2. The number of aromatic nitrogens is 1. The van der Waals surface area contributed by atoms with E-state index in [-0.39, 0.29) is 0 Å². The van der Waals surface area contributed by atoms with E-state index in [0.717, 1.165) is 32.6 Å². The molecule has 0 aliphatic carbocycles. The number of benzene rings is 1. The van der Waals surface area contributed by atoms with Crippen LogP contribution in [-0.2, 0) is 21.2 Å². The number of nitrogens with one attached hydrogen (secondary N) is 2. The topological polar surface area (TPSA) is 88.2 Å². The summed E-state index contributed by atoms with van der Waals surface area (Å²) in [5, 5.41) is 5.72. The van der Waals surface area contributed by atoms with Crippen LogP contribution in [0.15, 0.2) is 46.7 Å². The highest BCUT2D eigenvalue weighted by molar-refractivity contribution is 7.89. The van der Waals surface area contributed by atoms with E-state index < -0.39 is 32.7 Å². The minimum absolute atomic E-state index is 0.362. The number of amides is 1. The lowest BCUT2D eigenvalue weighted by atomic mass is 10.3. The minimum atomic E-state index is -4.13. The molecule has 1 aromatic carbocycles. The first kappa shape index (κ1) is 21.6. The van der Waals surface area contributed by atoms with Gasteiger partial charge < -0.3 is 5.32 Å². The zero-order chi connectivity index (χ0) is 21.0. The van der Waals surface area contributed by atoms with Crippen molar-refractivity contribution in [1.82, 2.24) is 15.0 Å². The lowest BCUT2D eigenvalue weighted by Crippen LogP contribution is -2.45. The van der Waals surface area contributed by atoms with Crippen molar-refractivity contribution in [1.29, 1.82) is 0 Å². The molecule has 2 N–H and O–H groups in total. The molecule has 3 rings (SSSR count). The zero-order valence-electron chi connectivity index (χ0n) is 15.8. The molecule has 154 valence electrons. The molecule has 1 amide bonds. The van der Waals surface area contributed by atoms with E-state index >= 15 is 0 Å². The molecule has 0 aliphatic heterocycles. The maximum Gasteiger partial charge on any atom is 0.244 e. The number of carbonyl (C=O) groups excluding carboxylic acids is 1. The largest absolute Gasteiger partial charge is 0.354 e. The molecule has 0 unspecified atom stereocenters. The monoisotopic (exact) mass is 453 g/mol. The molecular weight excluding hydrogens is 433 g/mol. The maximum absolute atomic E-state index is 13.7. The van der Waals surface area contributed by atoms with Crippen LogP contribution in [0, 0.1) is 12.7 Å². The number of sulfonamides is 1. The van der Waals surface area contributed by atoms with Crippen molar-refractivity contribution in [3.63, 3.8) is 0 Å². The van der Waals surface area contributed by atoms with Crippen LogP contribution in [0.1, 0.15) is 16.8 Å². The van der Waals surface area contributed by atoms with Gasteiger partial charge in [0.15, 0.2) is 0 Å². The first-order valence-corrected chi connectivity index (χ1v) is 12.0. The van der Waals surface area contributed by atoms with Crippen LogP contribution in [0.4, 0.5) is 4.39 Å². The van der Waals surface area contributed by atoms with Gasteiger partial charge in [-0.25, -0.2) is 17.8 Å². The quantitative estimate of drug-likeness (QED) is 0.548. The average molecular weight is 454 g/mol. The molecule has 2 heterocycles. The summed E-state index contributed by atoms with van der Waals surface area (Å²) in [5.41, 5.74) is 0.948. The van der Waals surface area contributed by atoms with E-state index in [9.17, 15) is 17.6 Å². The van der Waals surface area contributed by atoms with Gasteiger partial charge >= 0.3 is 0 Å². The number of rotatable bonds is 8. The predicted molar refractivity (Wildman–Crippen MR) is 113 cm³/mol. The second kappa shape index (κ2) is 9.12. The number of nitrogens with zero attached hydrogens (tertiary/aromatic N) is 1. The van der Waals surface area contributed by atoms with E-state index in [2.05, 4.69) is 15.0 Å². The van der Waals surface area contributed by atoms with Gasteiger partial charge in [-0.3, -0.25) is 4.79 Å². The van der Waals surface area contributed by atoms with E-state index in [1.165, 1.54) is 19.1 Å². The van der Waals surface area contributed by atoms with Gasteiger partial charge in [0.25, 0.3) is 0 Å². The van der Waals surface area contributed by atoms with Crippen LogP contribution in [0.25, 0.3) is 10.6 Å². The highest BCUT2D eigenvalue weighted by atomic mass is 32.2. The third kappa shape index (κ3) is 5.47. The van der Waals surface area contributed by atoms with E-state index in [0.29, 0.717) is 13.0 Å². The number of hydrogen-bond acceptors (Lipinski definition) is 6. The van der Waals surface area contributed by atoms with Gasteiger partial charge in [0.05, 0.1) is 21.6 Å².